The summed E-state index contributed by atoms with van der Waals surface area (Å²) in [6.07, 6.45) is 0. The fourth-order valence-corrected chi connectivity index (χ4v) is 3.87. The molecule has 0 radical (unpaired) electrons. The van der Waals surface area contributed by atoms with Crippen molar-refractivity contribution in [2.45, 2.75) is 13.5 Å². The monoisotopic (exact) mass is 396 g/mol. The first-order valence-electron chi connectivity index (χ1n) is 9.38. The summed E-state index contributed by atoms with van der Waals surface area (Å²) in [7, 11) is 1.69. The molecule has 6 nitrogen and oxygen atoms in total. The lowest BCUT2D eigenvalue weighted by Gasteiger charge is -2.36. The predicted octanol–water partition coefficient (Wildman–Crippen LogP) is 3.76. The van der Waals surface area contributed by atoms with Crippen molar-refractivity contribution in [3.8, 4) is 11.6 Å². The summed E-state index contributed by atoms with van der Waals surface area (Å²) in [6.45, 7) is 6.24. The Hall–Kier alpha value is -2.80. The third-order valence-electron chi connectivity index (χ3n) is 5.08. The minimum Gasteiger partial charge on any atom is -0.497 e. The van der Waals surface area contributed by atoms with Crippen LogP contribution in [0.5, 0.6) is 11.6 Å². The molecule has 2 heterocycles. The number of rotatable bonds is 6. The van der Waals surface area contributed by atoms with Crippen molar-refractivity contribution in [1.82, 2.24) is 8.75 Å². The molecule has 1 aromatic heterocycles. The molecule has 0 amide bonds. The second kappa shape index (κ2) is 8.48. The zero-order valence-electron chi connectivity index (χ0n) is 16.2. The first-order chi connectivity index (χ1) is 13.7. The van der Waals surface area contributed by atoms with Crippen LogP contribution in [0.1, 0.15) is 11.1 Å². The van der Waals surface area contributed by atoms with E-state index in [0.29, 0.717) is 12.5 Å². The van der Waals surface area contributed by atoms with E-state index in [-0.39, 0.29) is 0 Å². The first kappa shape index (κ1) is 18.6. The summed E-state index contributed by atoms with van der Waals surface area (Å²) in [4.78, 5) is 4.64. The molecular weight excluding hydrogens is 372 g/mol. The number of ether oxygens (including phenoxy) is 2. The molecule has 1 aliphatic heterocycles. The number of hydrogen-bond donors (Lipinski definition) is 0. The molecule has 146 valence electrons. The third-order valence-corrected chi connectivity index (χ3v) is 5.59. The van der Waals surface area contributed by atoms with Gasteiger partial charge in [0.1, 0.15) is 12.4 Å². The lowest BCUT2D eigenvalue weighted by atomic mass is 10.1. The second-order valence-corrected chi connectivity index (χ2v) is 7.31. The average Bonchev–Trinajstić information content (AvgIpc) is 3.22. The summed E-state index contributed by atoms with van der Waals surface area (Å²) in [5.41, 5.74) is 3.61. The van der Waals surface area contributed by atoms with Gasteiger partial charge in [-0.15, -0.1) is 4.37 Å². The highest BCUT2D eigenvalue weighted by atomic mass is 32.1. The molecule has 3 aromatic rings. The highest BCUT2D eigenvalue weighted by molar-refractivity contribution is 6.99. The molecule has 2 aromatic carbocycles. The zero-order valence-corrected chi connectivity index (χ0v) is 17.0. The molecule has 0 atom stereocenters. The van der Waals surface area contributed by atoms with Crippen LogP contribution in [0.15, 0.2) is 48.5 Å². The van der Waals surface area contributed by atoms with Gasteiger partial charge in [-0.25, -0.2) is 0 Å². The van der Waals surface area contributed by atoms with Gasteiger partial charge in [0, 0.05) is 31.9 Å². The van der Waals surface area contributed by atoms with Crippen LogP contribution in [0.25, 0.3) is 0 Å². The fourth-order valence-electron chi connectivity index (χ4n) is 3.35. The number of anilines is 2. The van der Waals surface area contributed by atoms with E-state index in [2.05, 4.69) is 49.7 Å². The summed E-state index contributed by atoms with van der Waals surface area (Å²) in [5.74, 6) is 2.37. The number of aryl methyl sites for hydroxylation is 1. The van der Waals surface area contributed by atoms with E-state index in [9.17, 15) is 0 Å². The molecule has 1 aliphatic rings. The highest BCUT2D eigenvalue weighted by Crippen LogP contribution is 2.29. The van der Waals surface area contributed by atoms with Crippen molar-refractivity contribution in [3.63, 3.8) is 0 Å². The highest BCUT2D eigenvalue weighted by Gasteiger charge is 2.23. The van der Waals surface area contributed by atoms with E-state index >= 15 is 0 Å². The molecule has 0 unspecified atom stereocenters. The van der Waals surface area contributed by atoms with Crippen molar-refractivity contribution < 1.29 is 9.47 Å². The Morgan fingerprint density at radius 2 is 1.64 bits per heavy atom. The Labute approximate surface area is 169 Å². The van der Waals surface area contributed by atoms with Gasteiger partial charge in [-0.1, -0.05) is 24.3 Å². The summed E-state index contributed by atoms with van der Waals surface area (Å²) in [6, 6.07) is 16.5. The zero-order chi connectivity index (χ0) is 19.3. The molecule has 28 heavy (non-hydrogen) atoms. The molecule has 4 rings (SSSR count). The molecule has 0 bridgehead atoms. The Bertz CT molecular complexity index is 905. The van der Waals surface area contributed by atoms with E-state index < -0.39 is 0 Å². The Morgan fingerprint density at radius 1 is 0.929 bits per heavy atom. The maximum absolute atomic E-state index is 6.00. The number of hydrogen-bond acceptors (Lipinski definition) is 7. The van der Waals surface area contributed by atoms with Gasteiger partial charge in [0.05, 0.1) is 18.8 Å². The number of piperazine rings is 1. The van der Waals surface area contributed by atoms with Crippen LogP contribution in [0.3, 0.4) is 0 Å². The van der Waals surface area contributed by atoms with Crippen LogP contribution < -0.4 is 19.3 Å². The third kappa shape index (κ3) is 4.04. The molecule has 1 saturated heterocycles. The predicted molar refractivity (Wildman–Crippen MR) is 113 cm³/mol. The Balaban J connectivity index is 1.37. The van der Waals surface area contributed by atoms with Crippen LogP contribution in [-0.2, 0) is 6.61 Å². The molecule has 0 aliphatic carbocycles. The maximum Gasteiger partial charge on any atom is 0.271 e. The van der Waals surface area contributed by atoms with Crippen molar-refractivity contribution in [1.29, 1.82) is 0 Å². The van der Waals surface area contributed by atoms with Crippen molar-refractivity contribution in [3.05, 3.63) is 59.7 Å². The molecule has 1 fully saturated rings. The number of methoxy groups -OCH3 is 1. The van der Waals surface area contributed by atoms with Gasteiger partial charge in [0.15, 0.2) is 0 Å². The van der Waals surface area contributed by atoms with Crippen LogP contribution in [0, 0.1) is 6.92 Å². The second-order valence-electron chi connectivity index (χ2n) is 6.78. The Morgan fingerprint density at radius 3 is 2.36 bits per heavy atom. The van der Waals surface area contributed by atoms with Crippen LogP contribution in [0.2, 0.25) is 0 Å². The molecule has 0 saturated carbocycles. The Kier molecular flexibility index (Phi) is 5.62. The van der Waals surface area contributed by atoms with E-state index in [1.165, 1.54) is 28.5 Å². The minimum absolute atomic E-state index is 0.511. The summed E-state index contributed by atoms with van der Waals surface area (Å²) >= 11 is 1.21. The molecule has 7 heteroatoms. The lowest BCUT2D eigenvalue weighted by Crippen LogP contribution is -2.46. The number of nitrogens with zero attached hydrogens (tertiary/aromatic N) is 4. The van der Waals surface area contributed by atoms with Gasteiger partial charge in [-0.3, -0.25) is 0 Å². The SMILES string of the molecule is COc1ccc(N2CCN(c3nsnc3OCc3ccccc3C)CC2)cc1. The first-order valence-corrected chi connectivity index (χ1v) is 10.1. The van der Waals surface area contributed by atoms with E-state index in [0.717, 1.165) is 37.7 Å². The van der Waals surface area contributed by atoms with Gasteiger partial charge in [-0.2, -0.15) is 4.37 Å². The van der Waals surface area contributed by atoms with Crippen molar-refractivity contribution in [2.24, 2.45) is 0 Å². The smallest absolute Gasteiger partial charge is 0.271 e. The topological polar surface area (TPSA) is 50.7 Å². The van der Waals surface area contributed by atoms with E-state index in [1.54, 1.807) is 7.11 Å². The van der Waals surface area contributed by atoms with Crippen molar-refractivity contribution >= 4 is 23.2 Å². The maximum atomic E-state index is 6.00. The van der Waals surface area contributed by atoms with Gasteiger partial charge in [-0.05, 0) is 42.3 Å². The minimum atomic E-state index is 0.511. The number of aromatic nitrogens is 2. The lowest BCUT2D eigenvalue weighted by molar-refractivity contribution is 0.296. The molecule has 0 spiro atoms. The summed E-state index contributed by atoms with van der Waals surface area (Å²) < 4.78 is 20.1. The van der Waals surface area contributed by atoms with Gasteiger partial charge >= 0.3 is 0 Å². The normalized spacial score (nSPS) is 14.2. The van der Waals surface area contributed by atoms with Crippen LogP contribution in [0.4, 0.5) is 11.5 Å². The van der Waals surface area contributed by atoms with Crippen LogP contribution in [-0.4, -0.2) is 42.0 Å². The average molecular weight is 397 g/mol. The van der Waals surface area contributed by atoms with Gasteiger partial charge in [0.25, 0.3) is 5.88 Å². The largest absolute Gasteiger partial charge is 0.497 e. The fraction of sp³-hybridized carbons (Fsp3) is 0.333. The summed E-state index contributed by atoms with van der Waals surface area (Å²) in [5, 5.41) is 0. The number of benzene rings is 2. The standard InChI is InChI=1S/C21H24N4O2S/c1-16-5-3-4-6-17(16)15-27-21-20(22-28-23-21)25-13-11-24(12-14-25)18-7-9-19(26-2)10-8-18/h3-10H,11-15H2,1-2H3. The molecular formula is C21H24N4O2S. The van der Waals surface area contributed by atoms with E-state index in [1.807, 2.05) is 24.3 Å². The van der Waals surface area contributed by atoms with Gasteiger partial charge < -0.3 is 19.3 Å². The molecule has 0 N–H and O–H groups in total. The quantitative estimate of drug-likeness (QED) is 0.632. The van der Waals surface area contributed by atoms with E-state index in [4.69, 9.17) is 9.47 Å². The van der Waals surface area contributed by atoms with Gasteiger partial charge in [0.2, 0.25) is 5.82 Å². The van der Waals surface area contributed by atoms with Crippen LogP contribution >= 0.6 is 11.7 Å². The van der Waals surface area contributed by atoms with Crippen molar-refractivity contribution in [2.75, 3.05) is 43.1 Å².